The smallest absolute Gasteiger partial charge is 0.251 e. The number of nitrogens with zero attached hydrogens (tertiary/aromatic N) is 2. The number of aromatic nitrogens is 2. The zero-order chi connectivity index (χ0) is 13.8. The summed E-state index contributed by atoms with van der Waals surface area (Å²) in [6.07, 6.45) is 4.43. The maximum absolute atomic E-state index is 11.9. The Hall–Kier alpha value is -1.57. The zero-order valence-electron chi connectivity index (χ0n) is 10.4. The van der Waals surface area contributed by atoms with Crippen molar-refractivity contribution in [2.45, 2.75) is 6.42 Å². The van der Waals surface area contributed by atoms with Crippen LogP contribution < -0.4 is 5.32 Å². The van der Waals surface area contributed by atoms with Gasteiger partial charge >= 0.3 is 0 Å². The van der Waals surface area contributed by atoms with Gasteiger partial charge in [-0.3, -0.25) is 9.48 Å². The monoisotopic (exact) mass is 371 g/mol. The highest BCUT2D eigenvalue weighted by Crippen LogP contribution is 2.20. The first-order valence-corrected chi connectivity index (χ1v) is 6.88. The number of hydrogen-bond acceptors (Lipinski definition) is 3. The molecule has 2 N–H and O–H groups in total. The van der Waals surface area contributed by atoms with Gasteiger partial charge in [0, 0.05) is 25.4 Å². The molecule has 0 spiro atoms. The molecule has 0 radical (unpaired) electrons. The van der Waals surface area contributed by atoms with Crippen LogP contribution in [0.5, 0.6) is 5.75 Å². The third-order valence-corrected chi connectivity index (χ3v) is 3.58. The topological polar surface area (TPSA) is 67.2 Å². The predicted octanol–water partition coefficient (Wildman–Crippen LogP) is 1.70. The number of phenolic OH excluding ortho intramolecular Hbond substituents is 1. The molecule has 0 aliphatic rings. The van der Waals surface area contributed by atoms with Crippen LogP contribution >= 0.6 is 22.6 Å². The molecule has 5 nitrogen and oxygen atoms in total. The molecular formula is C13H14IN3O2. The van der Waals surface area contributed by atoms with Gasteiger partial charge in [0.15, 0.2) is 0 Å². The zero-order valence-corrected chi connectivity index (χ0v) is 12.6. The summed E-state index contributed by atoms with van der Waals surface area (Å²) in [5.41, 5.74) is 1.54. The van der Waals surface area contributed by atoms with Crippen LogP contribution in [0.1, 0.15) is 15.9 Å². The molecule has 0 saturated carbocycles. The molecule has 0 aliphatic carbocycles. The van der Waals surface area contributed by atoms with Gasteiger partial charge in [0.25, 0.3) is 5.91 Å². The molecule has 19 heavy (non-hydrogen) atoms. The van der Waals surface area contributed by atoms with Crippen LogP contribution in [-0.4, -0.2) is 27.3 Å². The highest BCUT2D eigenvalue weighted by atomic mass is 127. The number of rotatable bonds is 4. The lowest BCUT2D eigenvalue weighted by Gasteiger charge is -2.05. The number of carbonyl (C=O) groups excluding carboxylic acids is 1. The summed E-state index contributed by atoms with van der Waals surface area (Å²) < 4.78 is 2.46. The summed E-state index contributed by atoms with van der Waals surface area (Å²) in [5, 5.41) is 16.4. The first kappa shape index (κ1) is 13.9. The number of aryl methyl sites for hydroxylation is 1. The minimum atomic E-state index is -0.185. The second-order valence-corrected chi connectivity index (χ2v) is 5.36. The minimum Gasteiger partial charge on any atom is -0.507 e. The Morgan fingerprint density at radius 2 is 2.32 bits per heavy atom. The van der Waals surface area contributed by atoms with Crippen molar-refractivity contribution in [1.82, 2.24) is 15.1 Å². The number of amides is 1. The summed E-state index contributed by atoms with van der Waals surface area (Å²) in [6.45, 7) is 0.539. The van der Waals surface area contributed by atoms with Gasteiger partial charge in [-0.05, 0) is 52.8 Å². The van der Waals surface area contributed by atoms with Crippen LogP contribution in [0.25, 0.3) is 0 Å². The number of carbonyl (C=O) groups is 1. The summed E-state index contributed by atoms with van der Waals surface area (Å²) in [4.78, 5) is 11.9. The van der Waals surface area contributed by atoms with Crippen molar-refractivity contribution in [1.29, 1.82) is 0 Å². The maximum atomic E-state index is 11.9. The molecule has 2 rings (SSSR count). The number of hydrogen-bond donors (Lipinski definition) is 2. The molecule has 1 aromatic carbocycles. The number of phenols is 1. The van der Waals surface area contributed by atoms with Crippen molar-refractivity contribution >= 4 is 28.5 Å². The second-order valence-electron chi connectivity index (χ2n) is 4.19. The summed E-state index contributed by atoms with van der Waals surface area (Å²) in [7, 11) is 1.86. The van der Waals surface area contributed by atoms with Gasteiger partial charge in [0.05, 0.1) is 9.77 Å². The number of benzene rings is 1. The molecule has 6 heteroatoms. The molecule has 0 bridgehead atoms. The predicted molar refractivity (Wildman–Crippen MR) is 80.1 cm³/mol. The Bertz CT molecular complexity index is 595. The number of halogens is 1. The van der Waals surface area contributed by atoms with Gasteiger partial charge in [0.2, 0.25) is 0 Å². The third kappa shape index (κ3) is 3.69. The molecule has 0 saturated heterocycles. The van der Waals surface area contributed by atoms with Gasteiger partial charge in [-0.25, -0.2) is 0 Å². The molecule has 0 atom stereocenters. The van der Waals surface area contributed by atoms with E-state index < -0.39 is 0 Å². The van der Waals surface area contributed by atoms with E-state index in [1.165, 1.54) is 6.07 Å². The van der Waals surface area contributed by atoms with Gasteiger partial charge < -0.3 is 10.4 Å². The molecule has 1 aromatic heterocycles. The molecule has 0 fully saturated rings. The van der Waals surface area contributed by atoms with Gasteiger partial charge in [-0.15, -0.1) is 0 Å². The average Bonchev–Trinajstić information content (AvgIpc) is 2.78. The third-order valence-electron chi connectivity index (χ3n) is 2.67. The highest BCUT2D eigenvalue weighted by molar-refractivity contribution is 14.1. The van der Waals surface area contributed by atoms with Crippen molar-refractivity contribution in [2.75, 3.05) is 6.54 Å². The lowest BCUT2D eigenvalue weighted by Crippen LogP contribution is -2.25. The van der Waals surface area contributed by atoms with E-state index in [2.05, 4.69) is 10.4 Å². The normalized spacial score (nSPS) is 10.4. The molecule has 0 aliphatic heterocycles. The Kier molecular flexibility index (Phi) is 4.41. The van der Waals surface area contributed by atoms with Crippen LogP contribution in [0.3, 0.4) is 0 Å². The Balaban J connectivity index is 1.89. The van der Waals surface area contributed by atoms with E-state index in [1.807, 2.05) is 35.8 Å². The molecular weight excluding hydrogens is 357 g/mol. The van der Waals surface area contributed by atoms with Gasteiger partial charge in [-0.1, -0.05) is 0 Å². The fourth-order valence-corrected chi connectivity index (χ4v) is 2.01. The number of aromatic hydroxyl groups is 1. The van der Waals surface area contributed by atoms with Crippen LogP contribution in [0.2, 0.25) is 0 Å². The van der Waals surface area contributed by atoms with Crippen molar-refractivity contribution in [3.63, 3.8) is 0 Å². The average molecular weight is 371 g/mol. The van der Waals surface area contributed by atoms with E-state index in [4.69, 9.17) is 0 Å². The van der Waals surface area contributed by atoms with Gasteiger partial charge in [-0.2, -0.15) is 5.10 Å². The summed E-state index contributed by atoms with van der Waals surface area (Å²) in [5.74, 6) is -0.0592. The Morgan fingerprint density at radius 3 is 2.95 bits per heavy atom. The minimum absolute atomic E-state index is 0.125. The molecule has 2 aromatic rings. The fraction of sp³-hybridized carbons (Fsp3) is 0.231. The van der Waals surface area contributed by atoms with E-state index in [-0.39, 0.29) is 11.7 Å². The summed E-state index contributed by atoms with van der Waals surface area (Å²) >= 11 is 2.01. The first-order chi connectivity index (χ1) is 9.06. The fourth-order valence-electron chi connectivity index (χ4n) is 1.68. The van der Waals surface area contributed by atoms with Crippen molar-refractivity contribution in [3.8, 4) is 5.75 Å². The van der Waals surface area contributed by atoms with E-state index in [0.717, 1.165) is 15.6 Å². The lowest BCUT2D eigenvalue weighted by atomic mass is 10.2. The van der Waals surface area contributed by atoms with Crippen LogP contribution in [-0.2, 0) is 13.5 Å². The molecule has 1 heterocycles. The number of nitrogens with one attached hydrogen (secondary N) is 1. The maximum Gasteiger partial charge on any atom is 0.251 e. The quantitative estimate of drug-likeness (QED) is 0.805. The molecule has 0 unspecified atom stereocenters. The van der Waals surface area contributed by atoms with Gasteiger partial charge in [0.1, 0.15) is 5.75 Å². The van der Waals surface area contributed by atoms with Crippen molar-refractivity contribution in [2.24, 2.45) is 7.05 Å². The van der Waals surface area contributed by atoms with Crippen LogP contribution in [0.4, 0.5) is 0 Å². The van der Waals surface area contributed by atoms with E-state index in [1.54, 1.807) is 23.0 Å². The van der Waals surface area contributed by atoms with E-state index in [9.17, 15) is 9.90 Å². The SMILES string of the molecule is Cn1cc(CCNC(=O)c2ccc(I)c(O)c2)cn1. The second kappa shape index (κ2) is 6.05. The lowest BCUT2D eigenvalue weighted by molar-refractivity contribution is 0.0953. The Labute approximate surface area is 124 Å². The van der Waals surface area contributed by atoms with E-state index in [0.29, 0.717) is 12.1 Å². The Morgan fingerprint density at radius 1 is 1.53 bits per heavy atom. The highest BCUT2D eigenvalue weighted by Gasteiger charge is 2.07. The van der Waals surface area contributed by atoms with Crippen LogP contribution in [0.15, 0.2) is 30.6 Å². The van der Waals surface area contributed by atoms with Crippen LogP contribution in [0, 0.1) is 3.57 Å². The largest absolute Gasteiger partial charge is 0.507 e. The molecule has 1 amide bonds. The summed E-state index contributed by atoms with van der Waals surface area (Å²) in [6, 6.07) is 4.88. The molecule has 100 valence electrons. The van der Waals surface area contributed by atoms with E-state index >= 15 is 0 Å². The standard InChI is InChI=1S/C13H14IN3O2/c1-17-8-9(7-16-17)4-5-15-13(19)10-2-3-11(14)12(18)6-10/h2-3,6-8,18H,4-5H2,1H3,(H,15,19). The van der Waals surface area contributed by atoms with Crippen molar-refractivity contribution < 1.29 is 9.90 Å². The van der Waals surface area contributed by atoms with Crippen molar-refractivity contribution in [3.05, 3.63) is 45.3 Å². The first-order valence-electron chi connectivity index (χ1n) is 5.80.